The Bertz CT molecular complexity index is 1770. The highest BCUT2D eigenvalue weighted by molar-refractivity contribution is 5.57. The smallest absolute Gasteiger partial charge is 0.244 e. The number of aromatic nitrogens is 4. The van der Waals surface area contributed by atoms with Gasteiger partial charge in [0.25, 0.3) is 0 Å². The number of nitrogens with zero attached hydrogens (tertiary/aromatic N) is 4. The molecule has 6 rings (SSSR count). The third-order valence-electron chi connectivity index (χ3n) is 8.22. The van der Waals surface area contributed by atoms with Crippen LogP contribution in [0, 0.1) is 36.5 Å². The van der Waals surface area contributed by atoms with E-state index in [1.807, 2.05) is 62.4 Å². The highest BCUT2D eigenvalue weighted by Crippen LogP contribution is 2.44. The summed E-state index contributed by atoms with van der Waals surface area (Å²) in [7, 11) is 0. The summed E-state index contributed by atoms with van der Waals surface area (Å²) in [6.07, 6.45) is 3.75. The maximum Gasteiger partial charge on any atom is 0.244 e. The van der Waals surface area contributed by atoms with Crippen molar-refractivity contribution in [3.05, 3.63) is 105 Å². The SMILES string of the molecule is Cc1[nH]nc2c1C(c1cccc(OCCCCCCOc3cccc(C4C(C#N)=C(N)Oc5n[nH]c(C)c54)c3)c1)C(C#N)=C(N)O2. The van der Waals surface area contributed by atoms with E-state index in [0.29, 0.717) is 36.1 Å². The van der Waals surface area contributed by atoms with Crippen molar-refractivity contribution in [2.75, 3.05) is 13.2 Å². The molecule has 12 nitrogen and oxygen atoms in total. The molecule has 0 saturated heterocycles. The van der Waals surface area contributed by atoms with Gasteiger partial charge in [-0.1, -0.05) is 24.3 Å². The predicted molar refractivity (Wildman–Crippen MR) is 168 cm³/mol. The molecule has 0 amide bonds. The number of aryl methyl sites for hydroxylation is 2. The summed E-state index contributed by atoms with van der Waals surface area (Å²) >= 11 is 0. The molecule has 2 aliphatic rings. The summed E-state index contributed by atoms with van der Waals surface area (Å²) in [5, 5.41) is 33.8. The highest BCUT2D eigenvalue weighted by atomic mass is 16.5. The summed E-state index contributed by atoms with van der Waals surface area (Å²) in [6, 6.07) is 19.8. The normalized spacial score (nSPS) is 16.9. The van der Waals surface area contributed by atoms with Crippen molar-refractivity contribution >= 4 is 0 Å². The number of benzene rings is 2. The number of nitriles is 2. The number of hydrogen-bond donors (Lipinski definition) is 4. The lowest BCUT2D eigenvalue weighted by molar-refractivity contribution is 0.287. The molecule has 4 heterocycles. The number of unbranched alkanes of at least 4 members (excludes halogenated alkanes) is 3. The van der Waals surface area contributed by atoms with Crippen LogP contribution in [0.25, 0.3) is 0 Å². The second-order valence-electron chi connectivity index (χ2n) is 11.2. The molecule has 234 valence electrons. The van der Waals surface area contributed by atoms with E-state index in [4.69, 9.17) is 30.4 Å². The fourth-order valence-corrected chi connectivity index (χ4v) is 5.97. The van der Waals surface area contributed by atoms with E-state index < -0.39 is 0 Å². The summed E-state index contributed by atoms with van der Waals surface area (Å²) in [5.74, 6) is 1.58. The van der Waals surface area contributed by atoms with Crippen LogP contribution < -0.4 is 30.4 Å². The molecular formula is C34H34N8O4. The fourth-order valence-electron chi connectivity index (χ4n) is 5.97. The fraction of sp³-hybridized carbons (Fsp3) is 0.294. The van der Waals surface area contributed by atoms with Crippen LogP contribution in [0.2, 0.25) is 0 Å². The maximum atomic E-state index is 9.81. The molecular weight excluding hydrogens is 584 g/mol. The van der Waals surface area contributed by atoms with E-state index in [9.17, 15) is 10.5 Å². The molecule has 46 heavy (non-hydrogen) atoms. The van der Waals surface area contributed by atoms with Crippen LogP contribution in [0.15, 0.2) is 71.4 Å². The summed E-state index contributed by atoms with van der Waals surface area (Å²) in [5.41, 5.74) is 17.8. The number of rotatable bonds is 11. The Kier molecular flexibility index (Phi) is 8.53. The topological polar surface area (TPSA) is 194 Å². The minimum atomic E-state index is -0.386. The van der Waals surface area contributed by atoms with Crippen molar-refractivity contribution in [3.63, 3.8) is 0 Å². The van der Waals surface area contributed by atoms with Crippen molar-refractivity contribution in [3.8, 4) is 35.4 Å². The van der Waals surface area contributed by atoms with Gasteiger partial charge in [-0.15, -0.1) is 10.2 Å². The molecule has 2 aromatic carbocycles. The van der Waals surface area contributed by atoms with E-state index in [2.05, 4.69) is 32.5 Å². The molecule has 2 aliphatic heterocycles. The molecule has 0 bridgehead atoms. The van der Waals surface area contributed by atoms with Crippen LogP contribution >= 0.6 is 0 Å². The van der Waals surface area contributed by atoms with Gasteiger partial charge < -0.3 is 30.4 Å². The predicted octanol–water partition coefficient (Wildman–Crippen LogP) is 5.20. The Balaban J connectivity index is 0.984. The Hall–Kier alpha value is -5.88. The molecule has 0 saturated carbocycles. The van der Waals surface area contributed by atoms with Crippen LogP contribution in [0.1, 0.15) is 71.2 Å². The standard InChI is InChI=1S/C34H34N8O4/c1-19-27-29(25(17-35)31(37)45-33(27)41-39-19)21-9-7-11-23(15-21)43-13-5-3-4-6-14-44-24-12-8-10-22(16-24)30-26(18-36)32(38)46-34-28(30)20(2)40-42-34/h7-12,15-16,29-30H,3-6,13-14,37-38H2,1-2H3,(H,39,41)(H,40,42). The first-order valence-electron chi connectivity index (χ1n) is 15.1. The third-order valence-corrected chi connectivity index (χ3v) is 8.22. The minimum absolute atomic E-state index is 0.0623. The number of fused-ring (bicyclic) bond motifs is 2. The van der Waals surface area contributed by atoms with Gasteiger partial charge in [-0.2, -0.15) is 10.5 Å². The second kappa shape index (κ2) is 13.0. The van der Waals surface area contributed by atoms with Gasteiger partial charge in [0.1, 0.15) is 34.8 Å². The van der Waals surface area contributed by atoms with Gasteiger partial charge in [-0.25, -0.2) is 0 Å². The highest BCUT2D eigenvalue weighted by Gasteiger charge is 2.35. The van der Waals surface area contributed by atoms with E-state index >= 15 is 0 Å². The van der Waals surface area contributed by atoms with E-state index in [1.54, 1.807) is 0 Å². The zero-order valence-corrected chi connectivity index (χ0v) is 25.6. The Labute approximate surface area is 266 Å². The number of nitrogens with two attached hydrogens (primary N) is 2. The van der Waals surface area contributed by atoms with Crippen molar-refractivity contribution in [2.45, 2.75) is 51.4 Å². The lowest BCUT2D eigenvalue weighted by Gasteiger charge is -2.24. The van der Waals surface area contributed by atoms with Gasteiger partial charge in [-0.3, -0.25) is 10.2 Å². The van der Waals surface area contributed by atoms with Gasteiger partial charge in [0.2, 0.25) is 23.5 Å². The Morgan fingerprint density at radius 3 is 1.57 bits per heavy atom. The summed E-state index contributed by atoms with van der Waals surface area (Å²) in [4.78, 5) is 0. The van der Waals surface area contributed by atoms with Crippen molar-refractivity contribution in [1.29, 1.82) is 10.5 Å². The number of ether oxygens (including phenoxy) is 4. The maximum absolute atomic E-state index is 9.81. The summed E-state index contributed by atoms with van der Waals surface area (Å²) < 4.78 is 23.3. The van der Waals surface area contributed by atoms with Gasteiger partial charge in [0.05, 0.1) is 25.0 Å². The first-order valence-corrected chi connectivity index (χ1v) is 15.1. The average molecular weight is 619 g/mol. The molecule has 4 aromatic rings. The van der Waals surface area contributed by atoms with Crippen molar-refractivity contribution < 1.29 is 18.9 Å². The van der Waals surface area contributed by atoms with Crippen LogP contribution in [0.3, 0.4) is 0 Å². The third kappa shape index (κ3) is 5.81. The number of nitrogens with one attached hydrogen (secondary N) is 2. The molecule has 2 atom stereocenters. The van der Waals surface area contributed by atoms with E-state index in [0.717, 1.165) is 70.8 Å². The van der Waals surface area contributed by atoms with Gasteiger partial charge in [-0.05, 0) is 74.9 Å². The molecule has 6 N–H and O–H groups in total. The van der Waals surface area contributed by atoms with E-state index in [-0.39, 0.29) is 23.6 Å². The summed E-state index contributed by atoms with van der Waals surface area (Å²) in [6.45, 7) is 4.92. The van der Waals surface area contributed by atoms with Gasteiger partial charge in [0.15, 0.2) is 0 Å². The zero-order chi connectivity index (χ0) is 32.2. The van der Waals surface area contributed by atoms with Crippen molar-refractivity contribution in [2.24, 2.45) is 11.5 Å². The molecule has 0 aliphatic carbocycles. The van der Waals surface area contributed by atoms with Crippen LogP contribution in [-0.4, -0.2) is 33.6 Å². The lowest BCUT2D eigenvalue weighted by atomic mass is 9.84. The quantitative estimate of drug-likeness (QED) is 0.162. The molecule has 0 spiro atoms. The van der Waals surface area contributed by atoms with Crippen LogP contribution in [0.4, 0.5) is 0 Å². The molecule has 0 fully saturated rings. The first-order chi connectivity index (χ1) is 22.4. The number of allylic oxidation sites excluding steroid dienone is 2. The van der Waals surface area contributed by atoms with Crippen LogP contribution in [-0.2, 0) is 0 Å². The molecule has 2 aromatic heterocycles. The first kappa shape index (κ1) is 30.2. The molecule has 12 heteroatoms. The number of H-pyrrole nitrogens is 2. The molecule has 2 unspecified atom stereocenters. The zero-order valence-electron chi connectivity index (χ0n) is 25.6. The number of aromatic amines is 2. The monoisotopic (exact) mass is 618 g/mol. The Morgan fingerprint density at radius 2 is 1.15 bits per heavy atom. The van der Waals surface area contributed by atoms with Gasteiger partial charge in [0, 0.05) is 22.5 Å². The average Bonchev–Trinajstić information content (AvgIpc) is 3.61. The second-order valence-corrected chi connectivity index (χ2v) is 11.2. The number of hydrogen-bond acceptors (Lipinski definition) is 10. The molecule has 0 radical (unpaired) electrons. The van der Waals surface area contributed by atoms with E-state index in [1.165, 1.54) is 0 Å². The largest absolute Gasteiger partial charge is 0.494 e. The van der Waals surface area contributed by atoms with Crippen molar-refractivity contribution in [1.82, 2.24) is 20.4 Å². The lowest BCUT2D eigenvalue weighted by Crippen LogP contribution is -2.21. The van der Waals surface area contributed by atoms with Gasteiger partial charge >= 0.3 is 0 Å². The minimum Gasteiger partial charge on any atom is -0.494 e. The Morgan fingerprint density at radius 1 is 0.717 bits per heavy atom. The van der Waals surface area contributed by atoms with Crippen LogP contribution in [0.5, 0.6) is 23.3 Å².